The van der Waals surface area contributed by atoms with E-state index in [9.17, 15) is 16.8 Å². The molecule has 2 rings (SSSR count). The zero-order chi connectivity index (χ0) is 17.1. The molecule has 1 heterocycles. The Hall–Kier alpha value is -1.28. The molecule has 23 heavy (non-hydrogen) atoms. The Bertz CT molecular complexity index is 758. The predicted octanol–water partition coefficient (Wildman–Crippen LogP) is 2.33. The van der Waals surface area contributed by atoms with Gasteiger partial charge in [0.15, 0.2) is 0 Å². The fraction of sp³-hybridized carbons (Fsp3) is 0.600. The normalized spacial score (nSPS) is 15.3. The third kappa shape index (κ3) is 4.38. The molecule has 0 amide bonds. The van der Waals surface area contributed by atoms with Crippen molar-refractivity contribution in [1.82, 2.24) is 0 Å². The molecule has 1 aliphatic rings. The maximum absolute atomic E-state index is 12.4. The zero-order valence-electron chi connectivity index (χ0n) is 13.6. The standard InChI is InChI=1S/C15H24N2O4S2/c1-3-10-22(18,19)16-14-7-8-15-13(12-14)6-5-9-17(15)23(20,21)11-4-2/h7-8,12,16H,3-6,9-11H2,1-2H3. The summed E-state index contributed by atoms with van der Waals surface area (Å²) in [7, 11) is -6.65. The molecule has 0 aliphatic carbocycles. The van der Waals surface area contributed by atoms with Crippen LogP contribution in [0.3, 0.4) is 0 Å². The van der Waals surface area contributed by atoms with Gasteiger partial charge in [-0.3, -0.25) is 9.03 Å². The molecule has 0 saturated carbocycles. The van der Waals surface area contributed by atoms with Crippen LogP contribution in [0.25, 0.3) is 0 Å². The highest BCUT2D eigenvalue weighted by Gasteiger charge is 2.27. The van der Waals surface area contributed by atoms with Crippen molar-refractivity contribution < 1.29 is 16.8 Å². The van der Waals surface area contributed by atoms with Crippen LogP contribution < -0.4 is 9.03 Å². The number of sulfonamides is 2. The summed E-state index contributed by atoms with van der Waals surface area (Å²) in [4.78, 5) is 0. The van der Waals surface area contributed by atoms with E-state index in [-0.39, 0.29) is 11.5 Å². The van der Waals surface area contributed by atoms with E-state index >= 15 is 0 Å². The van der Waals surface area contributed by atoms with Gasteiger partial charge >= 0.3 is 0 Å². The number of hydrogen-bond donors (Lipinski definition) is 1. The highest BCUT2D eigenvalue weighted by atomic mass is 32.2. The van der Waals surface area contributed by atoms with E-state index in [4.69, 9.17) is 0 Å². The van der Waals surface area contributed by atoms with Crippen molar-refractivity contribution in [3.05, 3.63) is 23.8 Å². The van der Waals surface area contributed by atoms with Gasteiger partial charge in [-0.2, -0.15) is 0 Å². The number of nitrogens with one attached hydrogen (secondary N) is 1. The molecular formula is C15H24N2O4S2. The molecule has 0 spiro atoms. The van der Waals surface area contributed by atoms with E-state index in [0.29, 0.717) is 30.8 Å². The molecule has 6 nitrogen and oxygen atoms in total. The van der Waals surface area contributed by atoms with E-state index in [2.05, 4.69) is 4.72 Å². The van der Waals surface area contributed by atoms with Gasteiger partial charge in [0.2, 0.25) is 20.0 Å². The number of aryl methyl sites for hydroxylation is 1. The molecular weight excluding hydrogens is 336 g/mol. The first kappa shape index (κ1) is 18.1. The van der Waals surface area contributed by atoms with E-state index in [1.165, 1.54) is 4.31 Å². The van der Waals surface area contributed by atoms with Gasteiger partial charge in [0.05, 0.1) is 17.2 Å². The molecule has 0 bridgehead atoms. The minimum absolute atomic E-state index is 0.0705. The van der Waals surface area contributed by atoms with Gasteiger partial charge < -0.3 is 0 Å². The smallest absolute Gasteiger partial charge is 0.235 e. The first-order chi connectivity index (χ1) is 10.8. The lowest BCUT2D eigenvalue weighted by Crippen LogP contribution is -2.37. The van der Waals surface area contributed by atoms with Crippen LogP contribution in [-0.2, 0) is 26.5 Å². The van der Waals surface area contributed by atoms with Gasteiger partial charge in [0.1, 0.15) is 0 Å². The van der Waals surface area contributed by atoms with Crippen LogP contribution >= 0.6 is 0 Å². The SMILES string of the molecule is CCCS(=O)(=O)Nc1ccc2c(c1)CCCN2S(=O)(=O)CCC. The molecule has 130 valence electrons. The van der Waals surface area contributed by atoms with Crippen LogP contribution in [0.5, 0.6) is 0 Å². The van der Waals surface area contributed by atoms with Crippen molar-refractivity contribution in [2.24, 2.45) is 0 Å². The van der Waals surface area contributed by atoms with Crippen LogP contribution in [0.1, 0.15) is 38.7 Å². The second kappa shape index (κ2) is 7.09. The van der Waals surface area contributed by atoms with Crippen molar-refractivity contribution in [2.45, 2.75) is 39.5 Å². The second-order valence-electron chi connectivity index (χ2n) is 5.76. The van der Waals surface area contributed by atoms with Crippen LogP contribution in [0, 0.1) is 0 Å². The molecule has 0 radical (unpaired) electrons. The monoisotopic (exact) mass is 360 g/mol. The first-order valence-corrected chi connectivity index (χ1v) is 11.2. The first-order valence-electron chi connectivity index (χ1n) is 7.93. The molecule has 0 aromatic heterocycles. The summed E-state index contributed by atoms with van der Waals surface area (Å²) in [5, 5.41) is 0. The predicted molar refractivity (Wildman–Crippen MR) is 93.9 cm³/mol. The molecule has 1 aromatic rings. The number of hydrogen-bond acceptors (Lipinski definition) is 4. The Morgan fingerprint density at radius 1 is 1.09 bits per heavy atom. The number of rotatable bonds is 7. The lowest BCUT2D eigenvalue weighted by Gasteiger charge is -2.30. The number of nitrogens with zero attached hydrogens (tertiary/aromatic N) is 1. The Kier molecular flexibility index (Phi) is 5.57. The van der Waals surface area contributed by atoms with Crippen LogP contribution in [0.15, 0.2) is 18.2 Å². The molecule has 0 saturated heterocycles. The summed E-state index contributed by atoms with van der Waals surface area (Å²) >= 11 is 0. The Balaban J connectivity index is 2.30. The van der Waals surface area contributed by atoms with Crippen LogP contribution in [-0.4, -0.2) is 34.9 Å². The van der Waals surface area contributed by atoms with E-state index < -0.39 is 20.0 Å². The molecule has 8 heteroatoms. The van der Waals surface area contributed by atoms with Crippen molar-refractivity contribution in [3.8, 4) is 0 Å². The highest BCUT2D eigenvalue weighted by molar-refractivity contribution is 7.93. The van der Waals surface area contributed by atoms with E-state index in [0.717, 1.165) is 18.4 Å². The zero-order valence-corrected chi connectivity index (χ0v) is 15.2. The minimum Gasteiger partial charge on any atom is -0.284 e. The number of fused-ring (bicyclic) bond motifs is 1. The quantitative estimate of drug-likeness (QED) is 0.809. The van der Waals surface area contributed by atoms with Crippen molar-refractivity contribution in [1.29, 1.82) is 0 Å². The Morgan fingerprint density at radius 3 is 2.43 bits per heavy atom. The largest absolute Gasteiger partial charge is 0.284 e. The molecule has 0 fully saturated rings. The Morgan fingerprint density at radius 2 is 1.78 bits per heavy atom. The average molecular weight is 361 g/mol. The lowest BCUT2D eigenvalue weighted by molar-refractivity contribution is 0.585. The van der Waals surface area contributed by atoms with Gasteiger partial charge in [0.25, 0.3) is 0 Å². The van der Waals surface area contributed by atoms with Gasteiger partial charge in [-0.1, -0.05) is 13.8 Å². The maximum atomic E-state index is 12.4. The third-order valence-electron chi connectivity index (χ3n) is 3.70. The van der Waals surface area contributed by atoms with Crippen molar-refractivity contribution in [3.63, 3.8) is 0 Å². The second-order valence-corrected chi connectivity index (χ2v) is 9.61. The van der Waals surface area contributed by atoms with Gasteiger partial charge in [-0.15, -0.1) is 0 Å². The summed E-state index contributed by atoms with van der Waals surface area (Å²) in [6, 6.07) is 5.08. The number of anilines is 2. The highest BCUT2D eigenvalue weighted by Crippen LogP contribution is 2.32. The summed E-state index contributed by atoms with van der Waals surface area (Å²) in [5.41, 5.74) is 2.03. The molecule has 0 atom stereocenters. The van der Waals surface area contributed by atoms with E-state index in [1.807, 2.05) is 13.8 Å². The van der Waals surface area contributed by atoms with Crippen molar-refractivity contribution in [2.75, 3.05) is 27.1 Å². The van der Waals surface area contributed by atoms with Gasteiger partial charge in [-0.05, 0) is 49.4 Å². The molecule has 0 unspecified atom stereocenters. The van der Waals surface area contributed by atoms with Gasteiger partial charge in [0, 0.05) is 12.2 Å². The Labute approximate surface area is 139 Å². The summed E-state index contributed by atoms with van der Waals surface area (Å²) in [6.45, 7) is 4.13. The van der Waals surface area contributed by atoms with Crippen molar-refractivity contribution >= 4 is 31.4 Å². The average Bonchev–Trinajstić information content (AvgIpc) is 2.45. The van der Waals surface area contributed by atoms with Gasteiger partial charge in [-0.25, -0.2) is 16.8 Å². The topological polar surface area (TPSA) is 83.6 Å². The molecule has 1 aliphatic heterocycles. The fourth-order valence-corrected chi connectivity index (χ4v) is 5.53. The molecule has 1 aromatic carbocycles. The van der Waals surface area contributed by atoms with Crippen LogP contribution in [0.2, 0.25) is 0 Å². The third-order valence-corrected chi connectivity index (χ3v) is 7.17. The number of benzene rings is 1. The summed E-state index contributed by atoms with van der Waals surface area (Å²) in [6.07, 6.45) is 2.60. The minimum atomic E-state index is -3.34. The summed E-state index contributed by atoms with van der Waals surface area (Å²) < 4.78 is 52.5. The lowest BCUT2D eigenvalue weighted by atomic mass is 10.0. The summed E-state index contributed by atoms with van der Waals surface area (Å²) in [5.74, 6) is 0.193. The molecule has 1 N–H and O–H groups in total. The van der Waals surface area contributed by atoms with Crippen LogP contribution in [0.4, 0.5) is 11.4 Å². The maximum Gasteiger partial charge on any atom is 0.235 e. The van der Waals surface area contributed by atoms with E-state index in [1.54, 1.807) is 18.2 Å². The fourth-order valence-electron chi connectivity index (χ4n) is 2.78.